The maximum atomic E-state index is 13.5. The number of benzene rings is 2. The van der Waals surface area contributed by atoms with E-state index < -0.39 is 5.82 Å². The van der Waals surface area contributed by atoms with Gasteiger partial charge in [-0.05, 0) is 55.2 Å². The first-order chi connectivity index (χ1) is 13.9. The average Bonchev–Trinajstić information content (AvgIpc) is 3.09. The molecule has 152 valence electrons. The molecule has 3 amide bonds. The van der Waals surface area contributed by atoms with Crippen LogP contribution in [0.5, 0.6) is 0 Å². The first-order valence-corrected chi connectivity index (χ1v) is 9.56. The second-order valence-corrected chi connectivity index (χ2v) is 7.02. The Bertz CT molecular complexity index is 1030. The minimum Gasteiger partial charge on any atom is -0.361 e. The maximum Gasteiger partial charge on any atom is 0.314 e. The maximum absolute atomic E-state index is 13.5. The molecule has 7 heteroatoms. The number of aromatic amines is 1. The van der Waals surface area contributed by atoms with Crippen LogP contribution in [0.25, 0.3) is 10.9 Å². The summed E-state index contributed by atoms with van der Waals surface area (Å²) in [5.41, 5.74) is 4.18. The highest BCUT2D eigenvalue weighted by atomic mass is 19.1. The molecule has 0 radical (unpaired) electrons. The third kappa shape index (κ3) is 5.34. The normalized spacial score (nSPS) is 10.7. The lowest BCUT2D eigenvalue weighted by Crippen LogP contribution is -2.40. The van der Waals surface area contributed by atoms with Gasteiger partial charge in [-0.2, -0.15) is 0 Å². The smallest absolute Gasteiger partial charge is 0.314 e. The number of nitrogens with one attached hydrogen (secondary N) is 4. The summed E-state index contributed by atoms with van der Waals surface area (Å²) in [4.78, 5) is 27.1. The van der Waals surface area contributed by atoms with Gasteiger partial charge in [0, 0.05) is 42.3 Å². The van der Waals surface area contributed by atoms with Gasteiger partial charge in [-0.25, -0.2) is 9.18 Å². The molecule has 29 heavy (non-hydrogen) atoms. The summed E-state index contributed by atoms with van der Waals surface area (Å²) in [6.07, 6.45) is 2.68. The first-order valence-electron chi connectivity index (χ1n) is 9.56. The van der Waals surface area contributed by atoms with Crippen molar-refractivity contribution in [3.63, 3.8) is 0 Å². The van der Waals surface area contributed by atoms with Crippen molar-refractivity contribution in [3.8, 4) is 0 Å². The lowest BCUT2D eigenvalue weighted by atomic mass is 10.1. The van der Waals surface area contributed by atoms with Crippen LogP contribution in [0.15, 0.2) is 42.6 Å². The number of carbonyl (C=O) groups is 2. The van der Waals surface area contributed by atoms with Crippen LogP contribution in [0.3, 0.4) is 0 Å². The molecule has 2 aromatic carbocycles. The molecule has 0 aliphatic heterocycles. The summed E-state index contributed by atoms with van der Waals surface area (Å²) in [5, 5.41) is 9.30. The fourth-order valence-corrected chi connectivity index (χ4v) is 3.07. The molecule has 0 saturated carbocycles. The fraction of sp³-hybridized carbons (Fsp3) is 0.273. The number of H-pyrrole nitrogens is 1. The van der Waals surface area contributed by atoms with Crippen LogP contribution in [0.4, 0.5) is 9.18 Å². The number of rotatable bonds is 7. The van der Waals surface area contributed by atoms with Crippen LogP contribution >= 0.6 is 0 Å². The highest BCUT2D eigenvalue weighted by molar-refractivity contribution is 5.94. The Morgan fingerprint density at radius 2 is 1.72 bits per heavy atom. The molecule has 0 atom stereocenters. The van der Waals surface area contributed by atoms with Crippen molar-refractivity contribution in [1.82, 2.24) is 20.9 Å². The van der Waals surface area contributed by atoms with Crippen LogP contribution in [0, 0.1) is 19.7 Å². The molecule has 0 aliphatic rings. The van der Waals surface area contributed by atoms with Crippen molar-refractivity contribution < 1.29 is 14.0 Å². The number of hydrogen-bond acceptors (Lipinski definition) is 2. The van der Waals surface area contributed by atoms with E-state index in [4.69, 9.17) is 0 Å². The standard InChI is InChI=1S/C22H25FN4O2/c1-14-3-6-18-17(13-27-20(18)11-14)7-8-25-22(29)26-10-9-24-21(28)16-5-4-15(2)19(23)12-16/h3-6,11-13,27H,7-10H2,1-2H3,(H,24,28)(H2,25,26,29). The summed E-state index contributed by atoms with van der Waals surface area (Å²) in [5.74, 6) is -0.791. The molecule has 3 aromatic rings. The van der Waals surface area contributed by atoms with Gasteiger partial charge in [-0.1, -0.05) is 18.2 Å². The van der Waals surface area contributed by atoms with Crippen molar-refractivity contribution in [1.29, 1.82) is 0 Å². The molecule has 0 fully saturated rings. The van der Waals surface area contributed by atoms with Crippen molar-refractivity contribution in [3.05, 3.63) is 70.7 Å². The van der Waals surface area contributed by atoms with E-state index in [1.807, 2.05) is 13.1 Å². The second-order valence-electron chi connectivity index (χ2n) is 7.02. The molecule has 4 N–H and O–H groups in total. The minimum atomic E-state index is -0.416. The summed E-state index contributed by atoms with van der Waals surface area (Å²) in [6, 6.07) is 10.3. The van der Waals surface area contributed by atoms with Crippen molar-refractivity contribution in [2.45, 2.75) is 20.3 Å². The van der Waals surface area contributed by atoms with E-state index >= 15 is 0 Å². The number of fused-ring (bicyclic) bond motifs is 1. The second kappa shape index (κ2) is 9.23. The molecule has 0 aliphatic carbocycles. The van der Waals surface area contributed by atoms with Gasteiger partial charge in [0.15, 0.2) is 0 Å². The van der Waals surface area contributed by atoms with Gasteiger partial charge < -0.3 is 20.9 Å². The van der Waals surface area contributed by atoms with Crippen LogP contribution in [-0.2, 0) is 6.42 Å². The summed E-state index contributed by atoms with van der Waals surface area (Å²) >= 11 is 0. The molecular weight excluding hydrogens is 371 g/mol. The Hall–Kier alpha value is -3.35. The van der Waals surface area contributed by atoms with Crippen LogP contribution < -0.4 is 16.0 Å². The predicted octanol–water partition coefficient (Wildman–Crippen LogP) is 3.20. The molecule has 3 rings (SSSR count). The summed E-state index contributed by atoms with van der Waals surface area (Å²) < 4.78 is 13.5. The molecule has 6 nitrogen and oxygen atoms in total. The number of urea groups is 1. The van der Waals surface area contributed by atoms with E-state index in [1.54, 1.807) is 19.1 Å². The fourth-order valence-electron chi connectivity index (χ4n) is 3.07. The molecule has 0 bridgehead atoms. The zero-order valence-corrected chi connectivity index (χ0v) is 16.6. The van der Waals surface area contributed by atoms with E-state index in [0.29, 0.717) is 18.5 Å². The average molecular weight is 396 g/mol. The number of carbonyl (C=O) groups excluding carboxylic acids is 2. The van der Waals surface area contributed by atoms with E-state index in [0.717, 1.165) is 16.5 Å². The Balaban J connectivity index is 1.35. The van der Waals surface area contributed by atoms with E-state index in [1.165, 1.54) is 11.6 Å². The summed E-state index contributed by atoms with van der Waals surface area (Å²) in [7, 11) is 0. The minimum absolute atomic E-state index is 0.254. The summed E-state index contributed by atoms with van der Waals surface area (Å²) in [6.45, 7) is 4.72. The lowest BCUT2D eigenvalue weighted by molar-refractivity contribution is 0.0953. The van der Waals surface area contributed by atoms with Crippen LogP contribution in [-0.4, -0.2) is 36.6 Å². The van der Waals surface area contributed by atoms with Crippen molar-refractivity contribution in [2.75, 3.05) is 19.6 Å². The SMILES string of the molecule is Cc1ccc2c(CCNC(=O)NCCNC(=O)c3ccc(C)c(F)c3)c[nH]c2c1. The number of halogens is 1. The van der Waals surface area contributed by atoms with Gasteiger partial charge in [-0.3, -0.25) is 4.79 Å². The third-order valence-electron chi connectivity index (χ3n) is 4.73. The van der Waals surface area contributed by atoms with Gasteiger partial charge >= 0.3 is 6.03 Å². The largest absolute Gasteiger partial charge is 0.361 e. The van der Waals surface area contributed by atoms with E-state index in [2.05, 4.69) is 39.1 Å². The first kappa shape index (κ1) is 20.4. The van der Waals surface area contributed by atoms with Crippen LogP contribution in [0.1, 0.15) is 27.0 Å². The monoisotopic (exact) mass is 396 g/mol. The van der Waals surface area contributed by atoms with Crippen molar-refractivity contribution >= 4 is 22.8 Å². The number of aryl methyl sites for hydroxylation is 2. The highest BCUT2D eigenvalue weighted by Crippen LogP contribution is 2.19. The highest BCUT2D eigenvalue weighted by Gasteiger charge is 2.08. The van der Waals surface area contributed by atoms with Gasteiger partial charge in [0.1, 0.15) is 5.82 Å². The van der Waals surface area contributed by atoms with Crippen molar-refractivity contribution in [2.24, 2.45) is 0 Å². The van der Waals surface area contributed by atoms with Gasteiger partial charge in [0.2, 0.25) is 0 Å². The molecule has 0 spiro atoms. The Morgan fingerprint density at radius 1 is 0.966 bits per heavy atom. The zero-order valence-electron chi connectivity index (χ0n) is 16.6. The van der Waals surface area contributed by atoms with Crippen LogP contribution in [0.2, 0.25) is 0 Å². The predicted molar refractivity (Wildman–Crippen MR) is 112 cm³/mol. The third-order valence-corrected chi connectivity index (χ3v) is 4.73. The Labute approximate surface area is 168 Å². The Kier molecular flexibility index (Phi) is 6.49. The molecule has 0 saturated heterocycles. The van der Waals surface area contributed by atoms with E-state index in [-0.39, 0.29) is 30.6 Å². The van der Waals surface area contributed by atoms with E-state index in [9.17, 15) is 14.0 Å². The van der Waals surface area contributed by atoms with Gasteiger partial charge in [0.05, 0.1) is 0 Å². The topological polar surface area (TPSA) is 86.0 Å². The Morgan fingerprint density at radius 3 is 2.52 bits per heavy atom. The number of aromatic nitrogens is 1. The molecule has 0 unspecified atom stereocenters. The van der Waals surface area contributed by atoms with Gasteiger partial charge in [-0.15, -0.1) is 0 Å². The molecule has 1 aromatic heterocycles. The lowest BCUT2D eigenvalue weighted by Gasteiger charge is -2.09. The van der Waals surface area contributed by atoms with Gasteiger partial charge in [0.25, 0.3) is 5.91 Å². The molecule has 1 heterocycles. The molecular formula is C22H25FN4O2. The zero-order chi connectivity index (χ0) is 20.8. The quantitative estimate of drug-likeness (QED) is 0.462. The number of hydrogen-bond donors (Lipinski definition) is 4. The number of amides is 3.